The van der Waals surface area contributed by atoms with Gasteiger partial charge in [0.1, 0.15) is 5.60 Å². The number of aliphatic hydroxyl groups is 1. The summed E-state index contributed by atoms with van der Waals surface area (Å²) < 4.78 is 0. The molecule has 0 spiro atoms. The molecular weight excluding hydrogens is 202 g/mol. The van der Waals surface area contributed by atoms with Gasteiger partial charge < -0.3 is 10.0 Å². The lowest BCUT2D eigenvalue weighted by atomic mass is 9.99. The summed E-state index contributed by atoms with van der Waals surface area (Å²) >= 11 is 0. The highest BCUT2D eigenvalue weighted by Crippen LogP contribution is 2.13. The maximum atomic E-state index is 11.6. The minimum absolute atomic E-state index is 0.186. The van der Waals surface area contributed by atoms with Gasteiger partial charge in [0.2, 0.25) is 5.91 Å². The Morgan fingerprint density at radius 3 is 2.38 bits per heavy atom. The van der Waals surface area contributed by atoms with Crippen LogP contribution in [0.15, 0.2) is 0 Å². The smallest absolute Gasteiger partial charge is 0.222 e. The molecule has 0 aromatic heterocycles. The van der Waals surface area contributed by atoms with Crippen LogP contribution in [0.5, 0.6) is 0 Å². The number of carbonyl (C=O) groups is 1. The van der Waals surface area contributed by atoms with Gasteiger partial charge in [0.05, 0.1) is 0 Å². The van der Waals surface area contributed by atoms with Crippen molar-refractivity contribution in [1.29, 1.82) is 0 Å². The number of amides is 1. The lowest BCUT2D eigenvalue weighted by Gasteiger charge is -2.19. The Morgan fingerprint density at radius 1 is 1.38 bits per heavy atom. The Kier molecular flexibility index (Phi) is 6.83. The highest BCUT2D eigenvalue weighted by molar-refractivity contribution is 5.76. The standard InChI is InChI=1S/C13H23NO2/c1-5-13(4,16)11-9-8-10-12(15)14(6-2)7-3/h1,16H,6-11H2,2-4H3. The third-order valence-electron chi connectivity index (χ3n) is 2.73. The summed E-state index contributed by atoms with van der Waals surface area (Å²) in [5.74, 6) is 2.52. The number of nitrogens with zero attached hydrogens (tertiary/aromatic N) is 1. The van der Waals surface area contributed by atoms with Gasteiger partial charge in [-0.05, 0) is 40.0 Å². The lowest BCUT2D eigenvalue weighted by Crippen LogP contribution is -2.30. The number of hydrogen-bond acceptors (Lipinski definition) is 2. The zero-order valence-corrected chi connectivity index (χ0v) is 10.6. The second kappa shape index (κ2) is 7.29. The summed E-state index contributed by atoms with van der Waals surface area (Å²) in [6.07, 6.45) is 7.83. The van der Waals surface area contributed by atoms with Crippen LogP contribution in [-0.4, -0.2) is 34.6 Å². The molecular formula is C13H23NO2. The molecule has 3 nitrogen and oxygen atoms in total. The number of carbonyl (C=O) groups excluding carboxylic acids is 1. The highest BCUT2D eigenvalue weighted by Gasteiger charge is 2.16. The number of hydrogen-bond donors (Lipinski definition) is 1. The van der Waals surface area contributed by atoms with E-state index in [0.717, 1.165) is 25.9 Å². The molecule has 16 heavy (non-hydrogen) atoms. The molecule has 0 aliphatic rings. The van der Waals surface area contributed by atoms with Crippen LogP contribution in [0.2, 0.25) is 0 Å². The topological polar surface area (TPSA) is 40.5 Å². The molecule has 3 heteroatoms. The molecule has 92 valence electrons. The van der Waals surface area contributed by atoms with Crippen LogP contribution in [0.25, 0.3) is 0 Å². The Hall–Kier alpha value is -1.01. The van der Waals surface area contributed by atoms with Crippen molar-refractivity contribution in [1.82, 2.24) is 4.90 Å². The van der Waals surface area contributed by atoms with Crippen LogP contribution >= 0.6 is 0 Å². The van der Waals surface area contributed by atoms with Gasteiger partial charge in [-0.3, -0.25) is 4.79 Å². The SMILES string of the molecule is C#CC(C)(O)CCCCC(=O)N(CC)CC. The largest absolute Gasteiger partial charge is 0.378 e. The van der Waals surface area contributed by atoms with Crippen molar-refractivity contribution in [2.75, 3.05) is 13.1 Å². The molecule has 0 aliphatic heterocycles. The van der Waals surface area contributed by atoms with Crippen LogP contribution in [0.4, 0.5) is 0 Å². The zero-order valence-electron chi connectivity index (χ0n) is 10.6. The lowest BCUT2D eigenvalue weighted by molar-refractivity contribution is -0.130. The first-order valence-electron chi connectivity index (χ1n) is 5.94. The van der Waals surface area contributed by atoms with Crippen LogP contribution in [-0.2, 0) is 4.79 Å². The molecule has 0 aliphatic carbocycles. The monoisotopic (exact) mass is 225 g/mol. The average molecular weight is 225 g/mol. The molecule has 1 amide bonds. The number of terminal acetylenes is 1. The first kappa shape index (κ1) is 15.0. The molecule has 1 N–H and O–H groups in total. The van der Waals surface area contributed by atoms with Gasteiger partial charge in [0.15, 0.2) is 0 Å². The number of rotatable bonds is 7. The van der Waals surface area contributed by atoms with Gasteiger partial charge in [-0.2, -0.15) is 0 Å². The maximum Gasteiger partial charge on any atom is 0.222 e. The molecule has 0 fully saturated rings. The summed E-state index contributed by atoms with van der Waals surface area (Å²) in [5, 5.41) is 9.56. The third-order valence-corrected chi connectivity index (χ3v) is 2.73. The molecule has 0 saturated carbocycles. The maximum absolute atomic E-state index is 11.6. The average Bonchev–Trinajstić information content (AvgIpc) is 2.26. The Bertz CT molecular complexity index is 249. The molecule has 0 radical (unpaired) electrons. The predicted octanol–water partition coefficient (Wildman–Crippen LogP) is 1.80. The van der Waals surface area contributed by atoms with Crippen molar-refractivity contribution in [2.45, 2.75) is 52.1 Å². The van der Waals surface area contributed by atoms with Crippen molar-refractivity contribution < 1.29 is 9.90 Å². The fourth-order valence-corrected chi connectivity index (χ4v) is 1.55. The molecule has 1 atom stereocenters. The second-order valence-corrected chi connectivity index (χ2v) is 4.19. The van der Waals surface area contributed by atoms with Gasteiger partial charge in [0.25, 0.3) is 0 Å². The summed E-state index contributed by atoms with van der Waals surface area (Å²) in [4.78, 5) is 13.4. The van der Waals surface area contributed by atoms with Crippen molar-refractivity contribution in [3.63, 3.8) is 0 Å². The van der Waals surface area contributed by atoms with Crippen molar-refractivity contribution >= 4 is 5.91 Å². The van der Waals surface area contributed by atoms with Crippen molar-refractivity contribution in [3.8, 4) is 12.3 Å². The summed E-state index contributed by atoms with van der Waals surface area (Å²) in [7, 11) is 0. The van der Waals surface area contributed by atoms with E-state index in [1.54, 1.807) is 6.92 Å². The Labute approximate surface area is 98.8 Å². The molecule has 0 bridgehead atoms. The minimum Gasteiger partial charge on any atom is -0.378 e. The predicted molar refractivity (Wildman–Crippen MR) is 65.9 cm³/mol. The minimum atomic E-state index is -1.03. The van der Waals surface area contributed by atoms with E-state index in [1.165, 1.54) is 0 Å². The van der Waals surface area contributed by atoms with Gasteiger partial charge in [0, 0.05) is 19.5 Å². The van der Waals surface area contributed by atoms with Crippen molar-refractivity contribution in [3.05, 3.63) is 0 Å². The van der Waals surface area contributed by atoms with Gasteiger partial charge in [-0.25, -0.2) is 0 Å². The zero-order chi connectivity index (χ0) is 12.6. The highest BCUT2D eigenvalue weighted by atomic mass is 16.3. The third kappa shape index (κ3) is 5.77. The normalized spacial score (nSPS) is 13.9. The van der Waals surface area contributed by atoms with E-state index in [2.05, 4.69) is 5.92 Å². The van der Waals surface area contributed by atoms with E-state index < -0.39 is 5.60 Å². The molecule has 0 heterocycles. The first-order chi connectivity index (χ1) is 7.46. The van der Waals surface area contributed by atoms with Crippen LogP contribution in [0.1, 0.15) is 46.5 Å². The first-order valence-corrected chi connectivity index (χ1v) is 5.94. The van der Waals surface area contributed by atoms with E-state index in [9.17, 15) is 9.90 Å². The van der Waals surface area contributed by atoms with Crippen molar-refractivity contribution in [2.24, 2.45) is 0 Å². The second-order valence-electron chi connectivity index (χ2n) is 4.19. The molecule has 0 rings (SSSR count). The Morgan fingerprint density at radius 2 is 1.94 bits per heavy atom. The summed E-state index contributed by atoms with van der Waals surface area (Å²) in [6.45, 7) is 7.10. The van der Waals surface area contributed by atoms with E-state index in [1.807, 2.05) is 18.7 Å². The van der Waals surface area contributed by atoms with Crippen LogP contribution < -0.4 is 0 Å². The molecule has 0 saturated heterocycles. The van der Waals surface area contributed by atoms with Gasteiger partial charge in [-0.15, -0.1) is 6.42 Å². The van der Waals surface area contributed by atoms with Crippen LogP contribution in [0, 0.1) is 12.3 Å². The summed E-state index contributed by atoms with van der Waals surface area (Å²) in [6, 6.07) is 0. The molecule has 0 aromatic rings. The fourth-order valence-electron chi connectivity index (χ4n) is 1.55. The van der Waals surface area contributed by atoms with Gasteiger partial charge >= 0.3 is 0 Å². The van der Waals surface area contributed by atoms with E-state index in [-0.39, 0.29) is 5.91 Å². The molecule has 0 aromatic carbocycles. The molecule has 1 unspecified atom stereocenters. The quantitative estimate of drug-likeness (QED) is 0.530. The number of unbranched alkanes of at least 4 members (excludes halogenated alkanes) is 1. The Balaban J connectivity index is 3.76. The fraction of sp³-hybridized carbons (Fsp3) is 0.769. The van der Waals surface area contributed by atoms with Crippen LogP contribution in [0.3, 0.4) is 0 Å². The van der Waals surface area contributed by atoms with E-state index >= 15 is 0 Å². The van der Waals surface area contributed by atoms with E-state index in [4.69, 9.17) is 6.42 Å². The summed E-state index contributed by atoms with van der Waals surface area (Å²) in [5.41, 5.74) is -1.03. The van der Waals surface area contributed by atoms with E-state index in [0.29, 0.717) is 12.8 Å². The van der Waals surface area contributed by atoms with Gasteiger partial charge in [-0.1, -0.05) is 5.92 Å².